The largest absolute Gasteiger partial charge is 0.464 e. The van der Waals surface area contributed by atoms with Crippen molar-refractivity contribution in [3.05, 3.63) is 71.6 Å². The van der Waals surface area contributed by atoms with Crippen molar-refractivity contribution in [2.45, 2.75) is 19.9 Å². The van der Waals surface area contributed by atoms with E-state index in [4.69, 9.17) is 9.15 Å². The van der Waals surface area contributed by atoms with Crippen molar-refractivity contribution < 1.29 is 18.7 Å². The molecule has 0 saturated heterocycles. The van der Waals surface area contributed by atoms with Crippen LogP contribution >= 0.6 is 0 Å². The number of nitrogens with one attached hydrogen (secondary N) is 1. The van der Waals surface area contributed by atoms with Crippen molar-refractivity contribution in [3.8, 4) is 11.5 Å². The topological polar surface area (TPSA) is 94.3 Å². The van der Waals surface area contributed by atoms with Crippen LogP contribution in [0.4, 0.5) is 0 Å². The molecule has 0 fully saturated rings. The van der Waals surface area contributed by atoms with E-state index in [2.05, 4.69) is 15.5 Å². The van der Waals surface area contributed by atoms with Gasteiger partial charge in [-0.3, -0.25) is 4.79 Å². The van der Waals surface area contributed by atoms with Crippen LogP contribution in [0.1, 0.15) is 34.8 Å². The summed E-state index contributed by atoms with van der Waals surface area (Å²) in [6, 6.07) is 14.9. The molecule has 0 spiro atoms. The molecule has 0 saturated carbocycles. The number of hydrogen-bond acceptors (Lipinski definition) is 6. The molecule has 1 amide bonds. The first-order valence-electron chi connectivity index (χ1n) is 8.51. The number of hydrogen-bond donors (Lipinski definition) is 1. The molecular formula is C20H19N3O4. The zero-order chi connectivity index (χ0) is 19.2. The third kappa shape index (κ3) is 4.38. The molecule has 3 rings (SSSR count). The monoisotopic (exact) mass is 365 g/mol. The number of ether oxygens (including phenoxy) is 1. The summed E-state index contributed by atoms with van der Waals surface area (Å²) in [4.78, 5) is 24.8. The van der Waals surface area contributed by atoms with Gasteiger partial charge >= 0.3 is 5.97 Å². The Kier molecular flexibility index (Phi) is 5.61. The third-order valence-corrected chi connectivity index (χ3v) is 3.82. The van der Waals surface area contributed by atoms with E-state index < -0.39 is 17.9 Å². The normalized spacial score (nSPS) is 11.6. The van der Waals surface area contributed by atoms with Gasteiger partial charge in [-0.15, -0.1) is 10.2 Å². The summed E-state index contributed by atoms with van der Waals surface area (Å²) in [6.07, 6.45) is 0. The Balaban J connectivity index is 1.86. The van der Waals surface area contributed by atoms with E-state index in [1.807, 2.05) is 31.2 Å². The highest BCUT2D eigenvalue weighted by Crippen LogP contribution is 2.22. The molecule has 0 radical (unpaired) electrons. The lowest BCUT2D eigenvalue weighted by Crippen LogP contribution is -2.35. The number of rotatable bonds is 6. The molecule has 1 heterocycles. The maximum absolute atomic E-state index is 12.4. The Labute approximate surface area is 156 Å². The van der Waals surface area contributed by atoms with E-state index in [1.165, 1.54) is 0 Å². The van der Waals surface area contributed by atoms with Crippen molar-refractivity contribution in [3.63, 3.8) is 0 Å². The van der Waals surface area contributed by atoms with E-state index in [1.54, 1.807) is 37.3 Å². The lowest BCUT2D eigenvalue weighted by molar-refractivity contribution is -0.146. The minimum Gasteiger partial charge on any atom is -0.464 e. The number of amides is 1. The van der Waals surface area contributed by atoms with Gasteiger partial charge in [0.25, 0.3) is 11.8 Å². The highest BCUT2D eigenvalue weighted by molar-refractivity contribution is 5.96. The van der Waals surface area contributed by atoms with Gasteiger partial charge in [-0.1, -0.05) is 35.9 Å². The van der Waals surface area contributed by atoms with Gasteiger partial charge in [0, 0.05) is 11.1 Å². The van der Waals surface area contributed by atoms with Gasteiger partial charge in [0.1, 0.15) is 0 Å². The average Bonchev–Trinajstić information content (AvgIpc) is 3.17. The van der Waals surface area contributed by atoms with Crippen LogP contribution in [-0.4, -0.2) is 28.7 Å². The van der Waals surface area contributed by atoms with Crippen LogP contribution in [0.25, 0.3) is 11.5 Å². The molecule has 3 aromatic rings. The number of esters is 1. The number of aromatic nitrogens is 2. The van der Waals surface area contributed by atoms with Crippen LogP contribution in [0, 0.1) is 6.92 Å². The van der Waals surface area contributed by atoms with E-state index in [-0.39, 0.29) is 18.4 Å². The maximum Gasteiger partial charge on any atom is 0.338 e. The second kappa shape index (κ2) is 8.27. The molecule has 1 aromatic heterocycles. The lowest BCUT2D eigenvalue weighted by atomic mass is 10.1. The molecule has 7 heteroatoms. The van der Waals surface area contributed by atoms with Crippen molar-refractivity contribution in [2.75, 3.05) is 6.61 Å². The predicted octanol–water partition coefficient (Wildman–Crippen LogP) is 3.08. The van der Waals surface area contributed by atoms with E-state index in [0.29, 0.717) is 5.56 Å². The zero-order valence-electron chi connectivity index (χ0n) is 15.0. The van der Waals surface area contributed by atoms with Gasteiger partial charge in [0.2, 0.25) is 11.9 Å². The first-order valence-corrected chi connectivity index (χ1v) is 8.51. The highest BCUT2D eigenvalue weighted by atomic mass is 16.5. The summed E-state index contributed by atoms with van der Waals surface area (Å²) in [6.45, 7) is 3.81. The standard InChI is InChI=1S/C20H19N3O4/c1-3-26-20(25)16(21-17(24)14-7-5-4-6-8-14)19-23-22-18(27-19)15-11-9-13(2)10-12-15/h4-12,16H,3H2,1-2H3,(H,21,24)/t16-/m0/s1. The smallest absolute Gasteiger partial charge is 0.338 e. The van der Waals surface area contributed by atoms with Crippen LogP contribution in [0.2, 0.25) is 0 Å². The first kappa shape index (κ1) is 18.3. The fourth-order valence-electron chi connectivity index (χ4n) is 2.42. The van der Waals surface area contributed by atoms with Crippen molar-refractivity contribution in [2.24, 2.45) is 0 Å². The van der Waals surface area contributed by atoms with Crippen molar-refractivity contribution >= 4 is 11.9 Å². The molecule has 0 aliphatic carbocycles. The number of benzene rings is 2. The van der Waals surface area contributed by atoms with Gasteiger partial charge in [0.05, 0.1) is 6.61 Å². The summed E-state index contributed by atoms with van der Waals surface area (Å²) in [5.74, 6) is -0.883. The summed E-state index contributed by atoms with van der Waals surface area (Å²) >= 11 is 0. The first-order chi connectivity index (χ1) is 13.1. The summed E-state index contributed by atoms with van der Waals surface area (Å²) in [5.41, 5.74) is 2.22. The average molecular weight is 365 g/mol. The minimum absolute atomic E-state index is 0.0340. The Morgan fingerprint density at radius 2 is 1.78 bits per heavy atom. The fraction of sp³-hybridized carbons (Fsp3) is 0.200. The van der Waals surface area contributed by atoms with Crippen LogP contribution in [0.15, 0.2) is 59.0 Å². The predicted molar refractivity (Wildman–Crippen MR) is 97.8 cm³/mol. The number of nitrogens with zero attached hydrogens (tertiary/aromatic N) is 2. The summed E-state index contributed by atoms with van der Waals surface area (Å²) in [7, 11) is 0. The zero-order valence-corrected chi connectivity index (χ0v) is 15.0. The summed E-state index contributed by atoms with van der Waals surface area (Å²) in [5, 5.41) is 10.5. The van der Waals surface area contributed by atoms with Crippen LogP contribution in [0.5, 0.6) is 0 Å². The fourth-order valence-corrected chi connectivity index (χ4v) is 2.42. The van der Waals surface area contributed by atoms with Crippen molar-refractivity contribution in [1.29, 1.82) is 0 Å². The van der Waals surface area contributed by atoms with Gasteiger partial charge in [-0.05, 0) is 38.1 Å². The Hall–Kier alpha value is -3.48. The highest BCUT2D eigenvalue weighted by Gasteiger charge is 2.30. The Bertz CT molecular complexity index is 920. The Morgan fingerprint density at radius 1 is 1.07 bits per heavy atom. The molecule has 0 bridgehead atoms. The van der Waals surface area contributed by atoms with Crippen LogP contribution in [0.3, 0.4) is 0 Å². The number of carbonyl (C=O) groups is 2. The number of aryl methyl sites for hydroxylation is 1. The molecule has 1 atom stereocenters. The number of carbonyl (C=O) groups excluding carboxylic acids is 2. The molecule has 138 valence electrons. The van der Waals surface area contributed by atoms with E-state index in [9.17, 15) is 9.59 Å². The van der Waals surface area contributed by atoms with Crippen LogP contribution in [-0.2, 0) is 9.53 Å². The molecular weight excluding hydrogens is 346 g/mol. The molecule has 7 nitrogen and oxygen atoms in total. The Morgan fingerprint density at radius 3 is 2.44 bits per heavy atom. The van der Waals surface area contributed by atoms with Gasteiger partial charge in [-0.25, -0.2) is 4.79 Å². The summed E-state index contributed by atoms with van der Waals surface area (Å²) < 4.78 is 10.7. The molecule has 0 unspecified atom stereocenters. The second-order valence-corrected chi connectivity index (χ2v) is 5.84. The molecule has 27 heavy (non-hydrogen) atoms. The second-order valence-electron chi connectivity index (χ2n) is 5.84. The quantitative estimate of drug-likeness (QED) is 0.675. The molecule has 0 aliphatic rings. The van der Waals surface area contributed by atoms with Gasteiger partial charge in [-0.2, -0.15) is 0 Å². The lowest BCUT2D eigenvalue weighted by Gasteiger charge is -2.13. The van der Waals surface area contributed by atoms with E-state index >= 15 is 0 Å². The molecule has 2 aromatic carbocycles. The van der Waals surface area contributed by atoms with E-state index in [0.717, 1.165) is 11.1 Å². The van der Waals surface area contributed by atoms with Crippen molar-refractivity contribution in [1.82, 2.24) is 15.5 Å². The third-order valence-electron chi connectivity index (χ3n) is 3.82. The van der Waals surface area contributed by atoms with Gasteiger partial charge < -0.3 is 14.5 Å². The maximum atomic E-state index is 12.4. The molecule has 1 N–H and O–H groups in total. The van der Waals surface area contributed by atoms with Gasteiger partial charge in [0.15, 0.2) is 0 Å². The SMILES string of the molecule is CCOC(=O)[C@@H](NC(=O)c1ccccc1)c1nnc(-c2ccc(C)cc2)o1. The minimum atomic E-state index is -1.19. The molecule has 0 aliphatic heterocycles. The van der Waals surface area contributed by atoms with Crippen LogP contribution < -0.4 is 5.32 Å².